The predicted octanol–water partition coefficient (Wildman–Crippen LogP) is 2.29. The van der Waals surface area contributed by atoms with Gasteiger partial charge < -0.3 is 14.6 Å². The minimum atomic E-state index is -1.36. The summed E-state index contributed by atoms with van der Waals surface area (Å²) in [6.45, 7) is 1.64. The molecule has 2 unspecified atom stereocenters. The third-order valence-electron chi connectivity index (χ3n) is 2.71. The van der Waals surface area contributed by atoms with Gasteiger partial charge in [-0.25, -0.2) is 4.79 Å². The zero-order chi connectivity index (χ0) is 16.5. The van der Waals surface area contributed by atoms with Gasteiger partial charge in [0.2, 0.25) is 0 Å². The SMILES string of the molecule is CC(Br)C(=O)OC(CCC(=O)OCc1ccccc1)C(=O)O. The number of rotatable bonds is 8. The van der Waals surface area contributed by atoms with Crippen LogP contribution in [0.1, 0.15) is 25.3 Å². The minimum absolute atomic E-state index is 0.121. The number of carbonyl (C=O) groups excluding carboxylic acids is 2. The Balaban J connectivity index is 2.39. The van der Waals surface area contributed by atoms with Crippen molar-refractivity contribution in [1.29, 1.82) is 0 Å². The summed E-state index contributed by atoms with van der Waals surface area (Å²) >= 11 is 2.99. The van der Waals surface area contributed by atoms with E-state index in [-0.39, 0.29) is 19.4 Å². The number of ether oxygens (including phenoxy) is 2. The molecule has 6 nitrogen and oxygen atoms in total. The van der Waals surface area contributed by atoms with Gasteiger partial charge in [-0.15, -0.1) is 0 Å². The molecule has 0 bridgehead atoms. The van der Waals surface area contributed by atoms with Crippen LogP contribution in [-0.2, 0) is 30.5 Å². The number of hydrogen-bond donors (Lipinski definition) is 1. The summed E-state index contributed by atoms with van der Waals surface area (Å²) in [5.41, 5.74) is 0.838. The highest BCUT2D eigenvalue weighted by atomic mass is 79.9. The molecule has 0 saturated carbocycles. The molecule has 0 aromatic heterocycles. The monoisotopic (exact) mass is 372 g/mol. The van der Waals surface area contributed by atoms with E-state index in [1.807, 2.05) is 30.3 Å². The molecule has 0 radical (unpaired) electrons. The molecule has 7 heteroatoms. The fourth-order valence-electron chi connectivity index (χ4n) is 1.53. The lowest BCUT2D eigenvalue weighted by Gasteiger charge is -2.14. The molecule has 0 saturated heterocycles. The second-order valence-corrected chi connectivity index (χ2v) is 5.94. The van der Waals surface area contributed by atoms with Gasteiger partial charge in [-0.3, -0.25) is 9.59 Å². The number of carbonyl (C=O) groups is 3. The summed E-state index contributed by atoms with van der Waals surface area (Å²) in [5.74, 6) is -2.53. The van der Waals surface area contributed by atoms with E-state index in [0.717, 1.165) is 5.56 Å². The molecule has 1 aromatic carbocycles. The van der Waals surface area contributed by atoms with E-state index < -0.39 is 28.8 Å². The maximum Gasteiger partial charge on any atom is 0.345 e. The third-order valence-corrected chi connectivity index (χ3v) is 3.09. The van der Waals surface area contributed by atoms with E-state index in [9.17, 15) is 14.4 Å². The second-order valence-electron chi connectivity index (χ2n) is 4.56. The number of benzene rings is 1. The maximum absolute atomic E-state index is 11.6. The Morgan fingerprint density at radius 2 is 1.86 bits per heavy atom. The van der Waals surface area contributed by atoms with Gasteiger partial charge in [0.05, 0.1) is 0 Å². The highest BCUT2D eigenvalue weighted by molar-refractivity contribution is 9.10. The van der Waals surface area contributed by atoms with Crippen molar-refractivity contribution in [3.05, 3.63) is 35.9 Å². The van der Waals surface area contributed by atoms with Crippen LogP contribution in [0.5, 0.6) is 0 Å². The lowest BCUT2D eigenvalue weighted by atomic mass is 10.2. The average Bonchev–Trinajstić information content (AvgIpc) is 2.49. The van der Waals surface area contributed by atoms with E-state index in [0.29, 0.717) is 0 Å². The Hall–Kier alpha value is -1.89. The number of halogens is 1. The molecule has 22 heavy (non-hydrogen) atoms. The molecule has 0 amide bonds. The molecule has 0 fully saturated rings. The molecule has 0 aliphatic rings. The first-order valence-electron chi connectivity index (χ1n) is 6.67. The Morgan fingerprint density at radius 1 is 1.23 bits per heavy atom. The van der Waals surface area contributed by atoms with Gasteiger partial charge in [-0.05, 0) is 12.5 Å². The summed E-state index contributed by atoms with van der Waals surface area (Å²) in [7, 11) is 0. The van der Waals surface area contributed by atoms with E-state index in [1.165, 1.54) is 6.92 Å². The number of esters is 2. The van der Waals surface area contributed by atoms with Crippen LogP contribution in [0.3, 0.4) is 0 Å². The topological polar surface area (TPSA) is 89.9 Å². The molecule has 1 N–H and O–H groups in total. The van der Waals surface area contributed by atoms with Crippen molar-refractivity contribution >= 4 is 33.8 Å². The van der Waals surface area contributed by atoms with E-state index in [4.69, 9.17) is 14.6 Å². The zero-order valence-electron chi connectivity index (χ0n) is 12.0. The van der Waals surface area contributed by atoms with Gasteiger partial charge >= 0.3 is 17.9 Å². The van der Waals surface area contributed by atoms with Crippen LogP contribution < -0.4 is 0 Å². The van der Waals surface area contributed by atoms with Crippen molar-refractivity contribution in [3.8, 4) is 0 Å². The zero-order valence-corrected chi connectivity index (χ0v) is 13.6. The molecule has 0 aliphatic carbocycles. The number of alkyl halides is 1. The molecule has 1 rings (SSSR count). The Morgan fingerprint density at radius 3 is 2.41 bits per heavy atom. The van der Waals surface area contributed by atoms with Gasteiger partial charge in [0.15, 0.2) is 6.10 Å². The van der Waals surface area contributed by atoms with Crippen molar-refractivity contribution in [2.45, 2.75) is 37.3 Å². The largest absolute Gasteiger partial charge is 0.479 e. The minimum Gasteiger partial charge on any atom is -0.479 e. The Labute approximate surface area is 136 Å². The summed E-state index contributed by atoms with van der Waals surface area (Å²) in [5, 5.41) is 8.98. The first-order valence-corrected chi connectivity index (χ1v) is 7.58. The Kier molecular flexibility index (Phi) is 7.59. The quantitative estimate of drug-likeness (QED) is 0.556. The molecular formula is C15H17BrO6. The van der Waals surface area contributed by atoms with Crippen LogP contribution in [0.2, 0.25) is 0 Å². The molecule has 0 aliphatic heterocycles. The lowest BCUT2D eigenvalue weighted by molar-refractivity contribution is -0.164. The van der Waals surface area contributed by atoms with Crippen molar-refractivity contribution in [1.82, 2.24) is 0 Å². The highest BCUT2D eigenvalue weighted by Gasteiger charge is 2.25. The van der Waals surface area contributed by atoms with Crippen LogP contribution in [-0.4, -0.2) is 33.9 Å². The van der Waals surface area contributed by atoms with Crippen LogP contribution in [0.4, 0.5) is 0 Å². The van der Waals surface area contributed by atoms with Crippen LogP contribution in [0.15, 0.2) is 30.3 Å². The normalized spacial score (nSPS) is 13.0. The molecule has 2 atom stereocenters. The fraction of sp³-hybridized carbons (Fsp3) is 0.400. The van der Waals surface area contributed by atoms with Crippen molar-refractivity contribution in [2.24, 2.45) is 0 Å². The fourth-order valence-corrected chi connectivity index (χ4v) is 1.63. The Bertz CT molecular complexity index is 514. The van der Waals surface area contributed by atoms with E-state index >= 15 is 0 Å². The first kappa shape index (κ1) is 18.2. The van der Waals surface area contributed by atoms with Gasteiger partial charge in [0, 0.05) is 12.8 Å². The van der Waals surface area contributed by atoms with Crippen molar-refractivity contribution < 1.29 is 29.0 Å². The summed E-state index contributed by atoms with van der Waals surface area (Å²) < 4.78 is 9.82. The van der Waals surface area contributed by atoms with Gasteiger partial charge in [0.1, 0.15) is 11.4 Å². The molecule has 1 aromatic rings. The maximum atomic E-state index is 11.6. The summed E-state index contributed by atoms with van der Waals surface area (Å²) in [6, 6.07) is 9.12. The highest BCUT2D eigenvalue weighted by Crippen LogP contribution is 2.10. The molecular weight excluding hydrogens is 356 g/mol. The average molecular weight is 373 g/mol. The smallest absolute Gasteiger partial charge is 0.345 e. The summed E-state index contributed by atoms with van der Waals surface area (Å²) in [6.07, 6.45) is -1.64. The van der Waals surface area contributed by atoms with Crippen LogP contribution in [0, 0.1) is 0 Å². The van der Waals surface area contributed by atoms with Gasteiger partial charge in [-0.1, -0.05) is 46.3 Å². The number of aliphatic carboxylic acids is 1. The number of carboxylic acids is 1. The van der Waals surface area contributed by atoms with E-state index in [1.54, 1.807) is 0 Å². The van der Waals surface area contributed by atoms with Gasteiger partial charge in [0.25, 0.3) is 0 Å². The van der Waals surface area contributed by atoms with Gasteiger partial charge in [-0.2, -0.15) is 0 Å². The number of hydrogen-bond acceptors (Lipinski definition) is 5. The third kappa shape index (κ3) is 6.71. The summed E-state index contributed by atoms with van der Waals surface area (Å²) in [4.78, 5) is 33.4. The standard InChI is InChI=1S/C15H17BrO6/c1-10(16)15(20)22-12(14(18)19)7-8-13(17)21-9-11-5-3-2-4-6-11/h2-6,10,12H,7-9H2,1H3,(H,18,19). The van der Waals surface area contributed by atoms with Crippen molar-refractivity contribution in [3.63, 3.8) is 0 Å². The van der Waals surface area contributed by atoms with Crippen LogP contribution >= 0.6 is 15.9 Å². The predicted molar refractivity (Wildman–Crippen MR) is 81.4 cm³/mol. The second kappa shape index (κ2) is 9.19. The molecule has 120 valence electrons. The molecule has 0 spiro atoms. The van der Waals surface area contributed by atoms with Crippen LogP contribution in [0.25, 0.3) is 0 Å². The van der Waals surface area contributed by atoms with E-state index in [2.05, 4.69) is 15.9 Å². The first-order chi connectivity index (χ1) is 10.4. The molecule has 0 heterocycles. The number of carboxylic acid groups (broad SMARTS) is 1. The van der Waals surface area contributed by atoms with Crippen molar-refractivity contribution in [2.75, 3.05) is 0 Å². The lowest BCUT2D eigenvalue weighted by Crippen LogP contribution is -2.30.